The van der Waals surface area contributed by atoms with Crippen molar-refractivity contribution < 1.29 is 51.6 Å². The normalized spacial score (nSPS) is 29.6. The van der Waals surface area contributed by atoms with Gasteiger partial charge in [-0.15, -0.1) is 0 Å². The molecule has 0 spiro atoms. The molecule has 1 aliphatic rings. The minimum atomic E-state index is -4.96. The lowest BCUT2D eigenvalue weighted by Gasteiger charge is -2.45. The van der Waals surface area contributed by atoms with Crippen molar-refractivity contribution in [1.82, 2.24) is 0 Å². The van der Waals surface area contributed by atoms with Crippen molar-refractivity contribution in [1.29, 1.82) is 0 Å². The van der Waals surface area contributed by atoms with Crippen LogP contribution in [0.1, 0.15) is 27.2 Å². The highest BCUT2D eigenvalue weighted by Gasteiger charge is 2.60. The number of rotatable bonds is 5. The van der Waals surface area contributed by atoms with E-state index in [-0.39, 0.29) is 6.42 Å². The third-order valence-electron chi connectivity index (χ3n) is 3.28. The Morgan fingerprint density at radius 1 is 0.920 bits per heavy atom. The predicted octanol–water partition coefficient (Wildman–Crippen LogP) is 0.494. The number of carbonyl (C=O) groups excluding carboxylic acids is 3. The van der Waals surface area contributed by atoms with Crippen LogP contribution in [0.3, 0.4) is 0 Å². The maximum Gasteiger partial charge on any atom is 0.418 e. The number of aliphatic hydroxyl groups is 1. The molecule has 11 heteroatoms. The number of aliphatic hydroxyl groups excluding tert-OH is 1. The summed E-state index contributed by atoms with van der Waals surface area (Å²) in [6, 6.07) is 0. The standard InChI is InChI=1S/C14H19F3O8/c1-6(19)22-10-9(4-5-18)25-13(14(15,16)17)12(24-8(3)21)11(10)23-7(2)20/h9-13,18H,4-5H2,1-3H3. The van der Waals surface area contributed by atoms with Gasteiger partial charge in [-0.25, -0.2) is 0 Å². The van der Waals surface area contributed by atoms with Crippen LogP contribution in [0.4, 0.5) is 13.2 Å². The van der Waals surface area contributed by atoms with E-state index < -0.39 is 61.2 Å². The number of carbonyl (C=O) groups is 3. The molecular weight excluding hydrogens is 353 g/mol. The van der Waals surface area contributed by atoms with E-state index in [4.69, 9.17) is 19.3 Å². The van der Waals surface area contributed by atoms with Gasteiger partial charge in [0.05, 0.1) is 0 Å². The maximum absolute atomic E-state index is 13.3. The van der Waals surface area contributed by atoms with Crippen LogP contribution < -0.4 is 0 Å². The molecule has 25 heavy (non-hydrogen) atoms. The summed E-state index contributed by atoms with van der Waals surface area (Å²) in [5.74, 6) is -2.91. The molecule has 0 saturated carbocycles. The number of alkyl halides is 3. The molecule has 1 N–H and O–H groups in total. The van der Waals surface area contributed by atoms with Crippen LogP contribution in [0.25, 0.3) is 0 Å². The summed E-state index contributed by atoms with van der Waals surface area (Å²) < 4.78 is 59.3. The van der Waals surface area contributed by atoms with Gasteiger partial charge in [-0.3, -0.25) is 14.4 Å². The Morgan fingerprint density at radius 3 is 1.76 bits per heavy atom. The van der Waals surface area contributed by atoms with Crippen LogP contribution in [0.2, 0.25) is 0 Å². The summed E-state index contributed by atoms with van der Waals surface area (Å²) in [4.78, 5) is 33.8. The monoisotopic (exact) mass is 372 g/mol. The highest BCUT2D eigenvalue weighted by atomic mass is 19.4. The fourth-order valence-electron chi connectivity index (χ4n) is 2.52. The zero-order valence-electron chi connectivity index (χ0n) is 13.7. The van der Waals surface area contributed by atoms with Crippen molar-refractivity contribution in [2.75, 3.05) is 6.61 Å². The Bertz CT molecular complexity index is 507. The first-order chi connectivity index (χ1) is 11.5. The van der Waals surface area contributed by atoms with E-state index in [9.17, 15) is 27.6 Å². The zero-order chi connectivity index (χ0) is 19.4. The summed E-state index contributed by atoms with van der Waals surface area (Å²) in [6.07, 6.45) is -14.6. The van der Waals surface area contributed by atoms with Crippen molar-refractivity contribution in [3.8, 4) is 0 Å². The average Bonchev–Trinajstić information content (AvgIpc) is 2.42. The van der Waals surface area contributed by atoms with Crippen LogP contribution >= 0.6 is 0 Å². The molecule has 1 heterocycles. The third-order valence-corrected chi connectivity index (χ3v) is 3.28. The molecule has 0 amide bonds. The minimum absolute atomic E-state index is 0.324. The molecule has 8 nitrogen and oxygen atoms in total. The number of ether oxygens (including phenoxy) is 4. The van der Waals surface area contributed by atoms with Gasteiger partial charge in [-0.05, 0) is 0 Å². The molecule has 0 aromatic carbocycles. The number of halogens is 3. The minimum Gasteiger partial charge on any atom is -0.456 e. The lowest BCUT2D eigenvalue weighted by Crippen LogP contribution is -2.64. The quantitative estimate of drug-likeness (QED) is 0.549. The average molecular weight is 372 g/mol. The fraction of sp³-hybridized carbons (Fsp3) is 0.786. The second kappa shape index (κ2) is 8.48. The van der Waals surface area contributed by atoms with E-state index in [2.05, 4.69) is 4.74 Å². The second-order valence-electron chi connectivity index (χ2n) is 5.37. The Kier molecular flexibility index (Phi) is 7.17. The van der Waals surface area contributed by atoms with Gasteiger partial charge in [-0.2, -0.15) is 13.2 Å². The summed E-state index contributed by atoms with van der Waals surface area (Å²) in [7, 11) is 0. The Labute approximate surface area is 141 Å². The Hall–Kier alpha value is -1.88. The Balaban J connectivity index is 3.34. The molecule has 1 aliphatic heterocycles. The second-order valence-corrected chi connectivity index (χ2v) is 5.37. The molecular formula is C14H19F3O8. The molecule has 1 saturated heterocycles. The van der Waals surface area contributed by atoms with Gasteiger partial charge in [0, 0.05) is 33.8 Å². The molecule has 144 valence electrons. The maximum atomic E-state index is 13.3. The highest BCUT2D eigenvalue weighted by molar-refractivity contribution is 5.68. The molecule has 1 rings (SSSR count). The van der Waals surface area contributed by atoms with Gasteiger partial charge in [0.15, 0.2) is 24.4 Å². The number of esters is 3. The topological polar surface area (TPSA) is 108 Å². The van der Waals surface area contributed by atoms with Crippen molar-refractivity contribution in [2.24, 2.45) is 0 Å². The molecule has 0 aromatic heterocycles. The van der Waals surface area contributed by atoms with E-state index in [0.29, 0.717) is 0 Å². The molecule has 0 radical (unpaired) electrons. The molecule has 0 aliphatic carbocycles. The number of hydrogen-bond donors (Lipinski definition) is 1. The third kappa shape index (κ3) is 5.85. The summed E-state index contributed by atoms with van der Waals surface area (Å²) in [5.41, 5.74) is 0. The van der Waals surface area contributed by atoms with Crippen LogP contribution in [0.5, 0.6) is 0 Å². The van der Waals surface area contributed by atoms with E-state index in [1.165, 1.54) is 0 Å². The SMILES string of the molecule is CC(=O)OC1C(CCO)OC(C(F)(F)F)C(OC(C)=O)C1OC(C)=O. The van der Waals surface area contributed by atoms with Gasteiger partial charge >= 0.3 is 24.1 Å². The highest BCUT2D eigenvalue weighted by Crippen LogP contribution is 2.37. The molecule has 0 aromatic rings. The van der Waals surface area contributed by atoms with Crippen molar-refractivity contribution >= 4 is 17.9 Å². The Morgan fingerprint density at radius 2 is 1.36 bits per heavy atom. The fourth-order valence-corrected chi connectivity index (χ4v) is 2.52. The van der Waals surface area contributed by atoms with Gasteiger partial charge in [-0.1, -0.05) is 0 Å². The summed E-state index contributed by atoms with van der Waals surface area (Å²) in [6.45, 7) is 2.24. The number of hydrogen-bond acceptors (Lipinski definition) is 8. The van der Waals surface area contributed by atoms with E-state index in [0.717, 1.165) is 20.8 Å². The van der Waals surface area contributed by atoms with Crippen LogP contribution in [0.15, 0.2) is 0 Å². The summed E-state index contributed by atoms with van der Waals surface area (Å²) >= 11 is 0. The largest absolute Gasteiger partial charge is 0.456 e. The van der Waals surface area contributed by atoms with E-state index in [1.807, 2.05) is 0 Å². The first-order valence-corrected chi connectivity index (χ1v) is 7.32. The van der Waals surface area contributed by atoms with Crippen LogP contribution in [-0.2, 0) is 33.3 Å². The van der Waals surface area contributed by atoms with Crippen molar-refractivity contribution in [2.45, 2.75) is 63.9 Å². The van der Waals surface area contributed by atoms with Gasteiger partial charge < -0.3 is 24.1 Å². The van der Waals surface area contributed by atoms with Crippen molar-refractivity contribution in [3.05, 3.63) is 0 Å². The smallest absolute Gasteiger partial charge is 0.418 e. The van der Waals surface area contributed by atoms with E-state index >= 15 is 0 Å². The first kappa shape index (κ1) is 21.2. The lowest BCUT2D eigenvalue weighted by atomic mass is 9.92. The molecule has 5 atom stereocenters. The lowest BCUT2D eigenvalue weighted by molar-refractivity contribution is -0.316. The zero-order valence-corrected chi connectivity index (χ0v) is 13.7. The van der Waals surface area contributed by atoms with E-state index in [1.54, 1.807) is 0 Å². The van der Waals surface area contributed by atoms with Crippen LogP contribution in [-0.4, -0.2) is 66.3 Å². The van der Waals surface area contributed by atoms with Crippen molar-refractivity contribution in [3.63, 3.8) is 0 Å². The molecule has 0 bridgehead atoms. The van der Waals surface area contributed by atoms with Crippen LogP contribution in [0, 0.1) is 0 Å². The predicted molar refractivity (Wildman–Crippen MR) is 73.1 cm³/mol. The van der Waals surface area contributed by atoms with Gasteiger partial charge in [0.25, 0.3) is 0 Å². The van der Waals surface area contributed by atoms with Gasteiger partial charge in [0.2, 0.25) is 0 Å². The van der Waals surface area contributed by atoms with Gasteiger partial charge in [0.1, 0.15) is 6.10 Å². The molecule has 1 fully saturated rings. The first-order valence-electron chi connectivity index (χ1n) is 7.32. The summed E-state index contributed by atoms with van der Waals surface area (Å²) in [5, 5.41) is 9.04. The molecule has 5 unspecified atom stereocenters.